The lowest BCUT2D eigenvalue weighted by Crippen LogP contribution is -2.38. The fourth-order valence-electron chi connectivity index (χ4n) is 1.48. The first-order valence-electron chi connectivity index (χ1n) is 5.28. The summed E-state index contributed by atoms with van der Waals surface area (Å²) in [5.41, 5.74) is 0.566. The average molecular weight is 223 g/mol. The van der Waals surface area contributed by atoms with Gasteiger partial charge in [0, 0.05) is 18.7 Å². The van der Waals surface area contributed by atoms with E-state index in [1.54, 1.807) is 31.2 Å². The molecule has 0 saturated heterocycles. The van der Waals surface area contributed by atoms with Crippen molar-refractivity contribution in [3.05, 3.63) is 35.9 Å². The Morgan fingerprint density at radius 2 is 2.00 bits per heavy atom. The van der Waals surface area contributed by atoms with Gasteiger partial charge in [-0.3, -0.25) is 4.79 Å². The van der Waals surface area contributed by atoms with Crippen LogP contribution in [0.3, 0.4) is 0 Å². The molecule has 0 bridgehead atoms. The minimum atomic E-state index is -0.598. The first kappa shape index (κ1) is 12.7. The van der Waals surface area contributed by atoms with Crippen LogP contribution in [0.4, 0.5) is 0 Å². The summed E-state index contributed by atoms with van der Waals surface area (Å²) in [6, 6.07) is 8.84. The van der Waals surface area contributed by atoms with Crippen LogP contribution in [0, 0.1) is 0 Å². The molecule has 1 aromatic rings. The van der Waals surface area contributed by atoms with Crippen LogP contribution in [0.1, 0.15) is 17.3 Å². The molecule has 0 aliphatic rings. The molecule has 0 heterocycles. The molecule has 0 aliphatic heterocycles. The zero-order valence-electron chi connectivity index (χ0n) is 9.34. The van der Waals surface area contributed by atoms with E-state index in [0.29, 0.717) is 5.56 Å². The van der Waals surface area contributed by atoms with E-state index in [1.807, 2.05) is 6.07 Å². The molecule has 2 N–H and O–H groups in total. The van der Waals surface area contributed by atoms with Gasteiger partial charge in [0.05, 0.1) is 12.7 Å². The lowest BCUT2D eigenvalue weighted by Gasteiger charge is -2.23. The van der Waals surface area contributed by atoms with Gasteiger partial charge in [0.15, 0.2) is 0 Å². The van der Waals surface area contributed by atoms with E-state index in [4.69, 9.17) is 5.11 Å². The molecule has 1 unspecified atom stereocenters. The van der Waals surface area contributed by atoms with Crippen molar-refractivity contribution in [2.45, 2.75) is 13.0 Å². The summed E-state index contributed by atoms with van der Waals surface area (Å²) in [6.07, 6.45) is -0.598. The number of hydrogen-bond donors (Lipinski definition) is 2. The summed E-state index contributed by atoms with van der Waals surface area (Å²) in [7, 11) is 0. The van der Waals surface area contributed by atoms with Gasteiger partial charge in [-0.1, -0.05) is 18.2 Å². The van der Waals surface area contributed by atoms with E-state index in [-0.39, 0.29) is 25.6 Å². The summed E-state index contributed by atoms with van der Waals surface area (Å²) in [6.45, 7) is 1.97. The van der Waals surface area contributed by atoms with Gasteiger partial charge in [-0.05, 0) is 19.1 Å². The van der Waals surface area contributed by atoms with Crippen LogP contribution < -0.4 is 0 Å². The molecule has 1 aromatic carbocycles. The summed E-state index contributed by atoms with van der Waals surface area (Å²) in [5.74, 6) is -0.171. The number of benzene rings is 1. The number of carbonyl (C=O) groups is 1. The van der Waals surface area contributed by atoms with E-state index in [1.165, 1.54) is 4.90 Å². The maximum Gasteiger partial charge on any atom is 0.254 e. The molecule has 4 heteroatoms. The topological polar surface area (TPSA) is 60.8 Å². The van der Waals surface area contributed by atoms with Crippen LogP contribution >= 0.6 is 0 Å². The molecule has 0 aliphatic carbocycles. The average Bonchev–Trinajstić information content (AvgIpc) is 2.28. The third-order valence-corrected chi connectivity index (χ3v) is 2.16. The van der Waals surface area contributed by atoms with Gasteiger partial charge in [0.2, 0.25) is 0 Å². The summed E-state index contributed by atoms with van der Waals surface area (Å²) in [4.78, 5) is 13.4. The van der Waals surface area contributed by atoms with Crippen molar-refractivity contribution in [2.75, 3.05) is 19.7 Å². The molecule has 0 aromatic heterocycles. The van der Waals surface area contributed by atoms with Gasteiger partial charge in [0.1, 0.15) is 0 Å². The highest BCUT2D eigenvalue weighted by molar-refractivity contribution is 5.94. The Bertz CT molecular complexity index is 324. The molecule has 16 heavy (non-hydrogen) atoms. The Labute approximate surface area is 95.1 Å². The Morgan fingerprint density at radius 3 is 2.50 bits per heavy atom. The van der Waals surface area contributed by atoms with Crippen molar-refractivity contribution >= 4 is 5.91 Å². The minimum absolute atomic E-state index is 0.106. The van der Waals surface area contributed by atoms with E-state index in [2.05, 4.69) is 0 Å². The van der Waals surface area contributed by atoms with Crippen molar-refractivity contribution in [2.24, 2.45) is 0 Å². The Hall–Kier alpha value is -1.39. The van der Waals surface area contributed by atoms with E-state index in [9.17, 15) is 9.90 Å². The fraction of sp³-hybridized carbons (Fsp3) is 0.417. The van der Waals surface area contributed by atoms with Crippen LogP contribution in [0.2, 0.25) is 0 Å². The molecule has 0 saturated carbocycles. The first-order chi connectivity index (χ1) is 7.65. The largest absolute Gasteiger partial charge is 0.395 e. The highest BCUT2D eigenvalue weighted by Crippen LogP contribution is 2.05. The number of carbonyl (C=O) groups excluding carboxylic acids is 1. The van der Waals surface area contributed by atoms with Crippen LogP contribution in [0.5, 0.6) is 0 Å². The molecule has 1 amide bonds. The van der Waals surface area contributed by atoms with Crippen LogP contribution in [-0.4, -0.2) is 46.8 Å². The third-order valence-electron chi connectivity index (χ3n) is 2.16. The molecular formula is C12H17NO3. The van der Waals surface area contributed by atoms with Crippen LogP contribution in [0.15, 0.2) is 30.3 Å². The highest BCUT2D eigenvalue weighted by Gasteiger charge is 2.16. The quantitative estimate of drug-likeness (QED) is 0.764. The number of hydrogen-bond acceptors (Lipinski definition) is 3. The molecular weight excluding hydrogens is 206 g/mol. The molecule has 0 radical (unpaired) electrons. The normalized spacial score (nSPS) is 12.2. The van der Waals surface area contributed by atoms with Crippen molar-refractivity contribution in [3.8, 4) is 0 Å². The number of rotatable bonds is 5. The second-order valence-corrected chi connectivity index (χ2v) is 3.69. The van der Waals surface area contributed by atoms with Crippen LogP contribution in [-0.2, 0) is 0 Å². The van der Waals surface area contributed by atoms with Gasteiger partial charge in [0.25, 0.3) is 5.91 Å². The molecule has 4 nitrogen and oxygen atoms in total. The first-order valence-corrected chi connectivity index (χ1v) is 5.28. The van der Waals surface area contributed by atoms with Crippen molar-refractivity contribution in [1.82, 2.24) is 4.90 Å². The Kier molecular flexibility index (Phi) is 4.95. The predicted octanol–water partition coefficient (Wildman–Crippen LogP) is 0.502. The third kappa shape index (κ3) is 3.64. The highest BCUT2D eigenvalue weighted by atomic mass is 16.3. The fourth-order valence-corrected chi connectivity index (χ4v) is 1.48. The lowest BCUT2D eigenvalue weighted by atomic mass is 10.2. The molecule has 1 atom stereocenters. The van der Waals surface area contributed by atoms with Crippen molar-refractivity contribution < 1.29 is 15.0 Å². The van der Waals surface area contributed by atoms with Crippen molar-refractivity contribution in [3.63, 3.8) is 0 Å². The molecule has 0 fully saturated rings. The Morgan fingerprint density at radius 1 is 1.38 bits per heavy atom. The molecule has 0 spiro atoms. The van der Waals surface area contributed by atoms with Gasteiger partial charge >= 0.3 is 0 Å². The zero-order chi connectivity index (χ0) is 12.0. The predicted molar refractivity (Wildman–Crippen MR) is 61.1 cm³/mol. The Balaban J connectivity index is 2.74. The maximum absolute atomic E-state index is 12.0. The monoisotopic (exact) mass is 223 g/mol. The number of nitrogens with zero attached hydrogens (tertiary/aromatic N) is 1. The van der Waals surface area contributed by atoms with Gasteiger partial charge in [-0.2, -0.15) is 0 Å². The number of aliphatic hydroxyl groups excluding tert-OH is 2. The van der Waals surface area contributed by atoms with Crippen LogP contribution in [0.25, 0.3) is 0 Å². The minimum Gasteiger partial charge on any atom is -0.395 e. The summed E-state index contributed by atoms with van der Waals surface area (Å²) < 4.78 is 0. The second-order valence-electron chi connectivity index (χ2n) is 3.69. The van der Waals surface area contributed by atoms with Gasteiger partial charge in [-0.25, -0.2) is 0 Å². The van der Waals surface area contributed by atoms with Crippen molar-refractivity contribution in [1.29, 1.82) is 0 Å². The second kappa shape index (κ2) is 6.25. The van der Waals surface area contributed by atoms with E-state index in [0.717, 1.165) is 0 Å². The summed E-state index contributed by atoms with van der Waals surface area (Å²) in [5, 5.41) is 18.1. The maximum atomic E-state index is 12.0. The number of aliphatic hydroxyl groups is 2. The zero-order valence-corrected chi connectivity index (χ0v) is 9.34. The molecule has 1 rings (SSSR count). The smallest absolute Gasteiger partial charge is 0.254 e. The van der Waals surface area contributed by atoms with E-state index < -0.39 is 6.10 Å². The number of amides is 1. The molecule has 88 valence electrons. The van der Waals surface area contributed by atoms with Gasteiger partial charge in [-0.15, -0.1) is 0 Å². The SMILES string of the molecule is CC(O)CN(CCO)C(=O)c1ccccc1. The lowest BCUT2D eigenvalue weighted by molar-refractivity contribution is 0.0605. The van der Waals surface area contributed by atoms with E-state index >= 15 is 0 Å². The standard InChI is InChI=1S/C12H17NO3/c1-10(15)9-13(7-8-14)12(16)11-5-3-2-4-6-11/h2-6,10,14-15H,7-9H2,1H3. The van der Waals surface area contributed by atoms with Gasteiger partial charge < -0.3 is 15.1 Å². The summed E-state index contributed by atoms with van der Waals surface area (Å²) >= 11 is 0.